The molecular formula is C13H8F3N3. The van der Waals surface area contributed by atoms with Gasteiger partial charge in [0.25, 0.3) is 0 Å². The van der Waals surface area contributed by atoms with E-state index in [1.165, 1.54) is 28.9 Å². The third-order valence-corrected chi connectivity index (χ3v) is 2.75. The zero-order valence-corrected chi connectivity index (χ0v) is 9.59. The van der Waals surface area contributed by atoms with Crippen molar-refractivity contribution in [1.29, 1.82) is 0 Å². The number of fused-ring (bicyclic) bond motifs is 1. The quantitative estimate of drug-likeness (QED) is 0.673. The molecule has 0 atom stereocenters. The lowest BCUT2D eigenvalue weighted by molar-refractivity contribution is -0.140. The maximum Gasteiger partial charge on any atom is 0.435 e. The van der Waals surface area contributed by atoms with E-state index in [2.05, 4.69) is 9.97 Å². The van der Waals surface area contributed by atoms with Gasteiger partial charge in [-0.2, -0.15) is 13.2 Å². The standard InChI is InChI=1S/C13H8F3N3/c14-13(15,16)12-11(9-4-6-17-7-5-9)19-8-2-1-3-10(19)18-12/h1-8H. The number of rotatable bonds is 1. The van der Waals surface area contributed by atoms with E-state index in [9.17, 15) is 13.2 Å². The largest absolute Gasteiger partial charge is 0.435 e. The SMILES string of the molecule is FC(F)(F)c1nc2ccccn2c1-c1ccncc1. The smallest absolute Gasteiger partial charge is 0.299 e. The van der Waals surface area contributed by atoms with Gasteiger partial charge in [0.05, 0.1) is 5.69 Å². The molecule has 0 unspecified atom stereocenters. The minimum atomic E-state index is -4.50. The Hall–Kier alpha value is -2.37. The van der Waals surface area contributed by atoms with E-state index >= 15 is 0 Å². The number of hydrogen-bond acceptors (Lipinski definition) is 2. The van der Waals surface area contributed by atoms with Crippen LogP contribution in [0.2, 0.25) is 0 Å². The fourth-order valence-corrected chi connectivity index (χ4v) is 1.98. The van der Waals surface area contributed by atoms with Crippen LogP contribution in [0.5, 0.6) is 0 Å². The minimum absolute atomic E-state index is 0.0329. The first-order valence-electron chi connectivity index (χ1n) is 5.52. The van der Waals surface area contributed by atoms with Gasteiger partial charge in [0.2, 0.25) is 0 Å². The van der Waals surface area contributed by atoms with Crippen LogP contribution >= 0.6 is 0 Å². The third-order valence-electron chi connectivity index (χ3n) is 2.75. The topological polar surface area (TPSA) is 30.2 Å². The molecule has 0 N–H and O–H groups in total. The van der Waals surface area contributed by atoms with Gasteiger partial charge in [-0.05, 0) is 24.3 Å². The second kappa shape index (κ2) is 4.08. The monoisotopic (exact) mass is 263 g/mol. The van der Waals surface area contributed by atoms with Crippen LogP contribution in [0.3, 0.4) is 0 Å². The lowest BCUT2D eigenvalue weighted by Gasteiger charge is -2.07. The van der Waals surface area contributed by atoms with Gasteiger partial charge in [-0.15, -0.1) is 0 Å². The average molecular weight is 263 g/mol. The van der Waals surface area contributed by atoms with Crippen molar-refractivity contribution in [3.8, 4) is 11.3 Å². The van der Waals surface area contributed by atoms with Crippen molar-refractivity contribution in [2.24, 2.45) is 0 Å². The normalized spacial score (nSPS) is 11.9. The van der Waals surface area contributed by atoms with Gasteiger partial charge in [0.1, 0.15) is 5.65 Å². The molecule has 3 rings (SSSR count). The molecule has 0 aliphatic rings. The van der Waals surface area contributed by atoms with Gasteiger partial charge in [-0.3, -0.25) is 9.38 Å². The summed E-state index contributed by atoms with van der Waals surface area (Å²) in [5.41, 5.74) is -0.155. The zero-order chi connectivity index (χ0) is 13.5. The molecule has 0 aliphatic carbocycles. The first-order valence-corrected chi connectivity index (χ1v) is 5.52. The van der Waals surface area contributed by atoms with E-state index in [0.29, 0.717) is 5.56 Å². The van der Waals surface area contributed by atoms with E-state index in [1.807, 2.05) is 0 Å². The fraction of sp³-hybridized carbons (Fsp3) is 0.0769. The summed E-state index contributed by atoms with van der Waals surface area (Å²) in [4.78, 5) is 7.49. The van der Waals surface area contributed by atoms with Crippen molar-refractivity contribution in [1.82, 2.24) is 14.4 Å². The number of pyridine rings is 2. The molecule has 3 aromatic heterocycles. The summed E-state index contributed by atoms with van der Waals surface area (Å²) in [6.07, 6.45) is -0.0202. The zero-order valence-electron chi connectivity index (χ0n) is 9.59. The van der Waals surface area contributed by atoms with E-state index in [-0.39, 0.29) is 11.3 Å². The number of nitrogens with zero attached hydrogens (tertiary/aromatic N) is 3. The highest BCUT2D eigenvalue weighted by Crippen LogP contribution is 2.36. The Morgan fingerprint density at radius 3 is 2.42 bits per heavy atom. The van der Waals surface area contributed by atoms with Crippen molar-refractivity contribution >= 4 is 5.65 Å². The predicted octanol–water partition coefficient (Wildman–Crippen LogP) is 3.42. The number of imidazole rings is 1. The van der Waals surface area contributed by atoms with Crippen molar-refractivity contribution in [3.63, 3.8) is 0 Å². The Morgan fingerprint density at radius 1 is 1.00 bits per heavy atom. The second-order valence-electron chi connectivity index (χ2n) is 3.97. The highest BCUT2D eigenvalue weighted by molar-refractivity contribution is 5.67. The van der Waals surface area contributed by atoms with Gasteiger partial charge < -0.3 is 0 Å². The Bertz CT molecular complexity index is 717. The lowest BCUT2D eigenvalue weighted by Crippen LogP contribution is -2.07. The summed E-state index contributed by atoms with van der Waals surface area (Å²) in [6, 6.07) is 7.93. The molecule has 0 saturated heterocycles. The van der Waals surface area contributed by atoms with Gasteiger partial charge in [0.15, 0.2) is 5.69 Å². The number of hydrogen-bond donors (Lipinski definition) is 0. The fourth-order valence-electron chi connectivity index (χ4n) is 1.98. The first-order chi connectivity index (χ1) is 9.07. The molecule has 0 aliphatic heterocycles. The molecule has 96 valence electrons. The van der Waals surface area contributed by atoms with Crippen molar-refractivity contribution < 1.29 is 13.2 Å². The highest BCUT2D eigenvalue weighted by atomic mass is 19.4. The maximum atomic E-state index is 13.1. The molecule has 3 heterocycles. The molecule has 0 bridgehead atoms. The molecule has 6 heteroatoms. The summed E-state index contributed by atoms with van der Waals surface area (Å²) in [6.45, 7) is 0. The first kappa shape index (κ1) is 11.7. The van der Waals surface area contributed by atoms with E-state index in [1.54, 1.807) is 24.4 Å². The molecule has 0 spiro atoms. The Balaban J connectivity index is 2.38. The van der Waals surface area contributed by atoms with E-state index < -0.39 is 11.9 Å². The van der Waals surface area contributed by atoms with Crippen LogP contribution in [0.4, 0.5) is 13.2 Å². The van der Waals surface area contributed by atoms with Gasteiger partial charge in [-0.25, -0.2) is 4.98 Å². The molecule has 0 aromatic carbocycles. The molecule has 0 saturated carbocycles. The van der Waals surface area contributed by atoms with Crippen molar-refractivity contribution in [2.75, 3.05) is 0 Å². The van der Waals surface area contributed by atoms with Gasteiger partial charge >= 0.3 is 6.18 Å². The van der Waals surface area contributed by atoms with Crippen LogP contribution in [0.25, 0.3) is 16.9 Å². The number of alkyl halides is 3. The van der Waals surface area contributed by atoms with Crippen molar-refractivity contribution in [3.05, 3.63) is 54.6 Å². The third kappa shape index (κ3) is 1.95. The number of halogens is 3. The Kier molecular flexibility index (Phi) is 2.51. The summed E-state index contributed by atoms with van der Waals surface area (Å²) in [7, 11) is 0. The summed E-state index contributed by atoms with van der Waals surface area (Å²) in [5, 5.41) is 0. The van der Waals surface area contributed by atoms with Crippen LogP contribution in [0, 0.1) is 0 Å². The Labute approximate surface area is 106 Å². The summed E-state index contributed by atoms with van der Waals surface area (Å²) in [5.74, 6) is 0. The van der Waals surface area contributed by atoms with Crippen LogP contribution in [-0.4, -0.2) is 14.4 Å². The molecular weight excluding hydrogens is 255 g/mol. The molecule has 19 heavy (non-hydrogen) atoms. The van der Waals surface area contributed by atoms with Crippen LogP contribution in [-0.2, 0) is 6.18 Å². The highest BCUT2D eigenvalue weighted by Gasteiger charge is 2.38. The van der Waals surface area contributed by atoms with Crippen LogP contribution in [0.1, 0.15) is 5.69 Å². The van der Waals surface area contributed by atoms with Gasteiger partial charge in [0, 0.05) is 24.2 Å². The molecule has 0 amide bonds. The minimum Gasteiger partial charge on any atom is -0.299 e. The van der Waals surface area contributed by atoms with Crippen molar-refractivity contribution in [2.45, 2.75) is 6.18 Å². The lowest BCUT2D eigenvalue weighted by atomic mass is 10.1. The maximum absolute atomic E-state index is 13.1. The van der Waals surface area contributed by atoms with Crippen LogP contribution in [0.15, 0.2) is 48.9 Å². The van der Waals surface area contributed by atoms with Gasteiger partial charge in [-0.1, -0.05) is 6.07 Å². The average Bonchev–Trinajstić information content (AvgIpc) is 2.79. The van der Waals surface area contributed by atoms with E-state index in [4.69, 9.17) is 0 Å². The van der Waals surface area contributed by atoms with Crippen LogP contribution < -0.4 is 0 Å². The molecule has 3 aromatic rings. The molecule has 0 radical (unpaired) electrons. The summed E-state index contributed by atoms with van der Waals surface area (Å²) < 4.78 is 40.7. The molecule has 3 nitrogen and oxygen atoms in total. The summed E-state index contributed by atoms with van der Waals surface area (Å²) >= 11 is 0. The predicted molar refractivity (Wildman–Crippen MR) is 63.4 cm³/mol. The Morgan fingerprint density at radius 2 is 1.74 bits per heavy atom. The van der Waals surface area contributed by atoms with E-state index in [0.717, 1.165) is 0 Å². The molecule has 0 fully saturated rings. The second-order valence-corrected chi connectivity index (χ2v) is 3.97. The number of aromatic nitrogens is 3.